The average molecular weight is 418 g/mol. The predicted molar refractivity (Wildman–Crippen MR) is 124 cm³/mol. The average Bonchev–Trinajstić information content (AvgIpc) is 2.73. The third-order valence-electron chi connectivity index (χ3n) is 5.04. The lowest BCUT2D eigenvalue weighted by Crippen LogP contribution is -2.26. The van der Waals surface area contributed by atoms with Gasteiger partial charge in [-0.05, 0) is 61.4 Å². The van der Waals surface area contributed by atoms with Crippen LogP contribution < -0.4 is 10.9 Å². The summed E-state index contributed by atoms with van der Waals surface area (Å²) in [6, 6.07) is 19.4. The molecule has 0 radical (unpaired) electrons. The number of thioether (sulfide) groups is 1. The number of aromatic nitrogens is 2. The minimum absolute atomic E-state index is 0.0814. The van der Waals surface area contributed by atoms with Gasteiger partial charge in [0, 0.05) is 12.2 Å². The van der Waals surface area contributed by atoms with Crippen LogP contribution in [-0.4, -0.2) is 20.7 Å². The summed E-state index contributed by atoms with van der Waals surface area (Å²) < 4.78 is 1.64. The second-order valence-electron chi connectivity index (χ2n) is 7.28. The Morgan fingerprint density at radius 2 is 1.83 bits per heavy atom. The first kappa shape index (κ1) is 20.2. The molecule has 0 saturated heterocycles. The number of anilines is 1. The van der Waals surface area contributed by atoms with Crippen molar-refractivity contribution >= 4 is 45.0 Å². The van der Waals surface area contributed by atoms with Gasteiger partial charge in [0.15, 0.2) is 5.16 Å². The second kappa shape index (κ2) is 8.32. The van der Waals surface area contributed by atoms with Crippen LogP contribution in [0.1, 0.15) is 19.4 Å². The van der Waals surface area contributed by atoms with Crippen molar-refractivity contribution in [3.8, 4) is 0 Å². The molecule has 1 aromatic heterocycles. The van der Waals surface area contributed by atoms with Gasteiger partial charge in [-0.15, -0.1) is 0 Å². The highest BCUT2D eigenvalue weighted by atomic mass is 32.2. The zero-order valence-corrected chi connectivity index (χ0v) is 18.0. The summed E-state index contributed by atoms with van der Waals surface area (Å²) in [5, 5.41) is 5.73. The Kier molecular flexibility index (Phi) is 5.59. The molecule has 4 aromatic rings. The van der Waals surface area contributed by atoms with E-state index in [-0.39, 0.29) is 11.5 Å². The predicted octanol–water partition coefficient (Wildman–Crippen LogP) is 5.00. The van der Waals surface area contributed by atoms with E-state index in [9.17, 15) is 9.59 Å². The Morgan fingerprint density at radius 1 is 1.10 bits per heavy atom. The molecule has 0 aliphatic heterocycles. The molecule has 0 saturated carbocycles. The van der Waals surface area contributed by atoms with Crippen LogP contribution in [0.2, 0.25) is 0 Å². The molecule has 1 atom stereocenters. The molecular formula is C24H23N3O2S. The van der Waals surface area contributed by atoms with Crippen LogP contribution in [0.15, 0.2) is 70.6 Å². The quantitative estimate of drug-likeness (QED) is 0.282. The number of nitrogens with one attached hydrogen (secondary N) is 1. The van der Waals surface area contributed by atoms with Crippen LogP contribution in [-0.2, 0) is 11.3 Å². The zero-order chi connectivity index (χ0) is 21.3. The number of rotatable bonds is 5. The van der Waals surface area contributed by atoms with Gasteiger partial charge in [0.2, 0.25) is 5.91 Å². The minimum atomic E-state index is -0.409. The lowest BCUT2D eigenvalue weighted by atomic mass is 10.1. The van der Waals surface area contributed by atoms with E-state index in [0.717, 1.165) is 22.0 Å². The summed E-state index contributed by atoms with van der Waals surface area (Å²) in [5.41, 5.74) is 2.41. The summed E-state index contributed by atoms with van der Waals surface area (Å²) in [4.78, 5) is 30.6. The van der Waals surface area contributed by atoms with Crippen molar-refractivity contribution in [1.82, 2.24) is 9.55 Å². The van der Waals surface area contributed by atoms with Gasteiger partial charge in [-0.3, -0.25) is 14.2 Å². The van der Waals surface area contributed by atoms with Crippen LogP contribution in [0.25, 0.3) is 21.7 Å². The molecule has 30 heavy (non-hydrogen) atoms. The molecule has 0 spiro atoms. The number of carbonyl (C=O) groups is 1. The monoisotopic (exact) mass is 417 g/mol. The maximum absolute atomic E-state index is 13.1. The summed E-state index contributed by atoms with van der Waals surface area (Å²) in [6.45, 7) is 6.21. The van der Waals surface area contributed by atoms with Crippen molar-refractivity contribution in [1.29, 1.82) is 0 Å². The number of aryl methyl sites for hydroxylation is 1. The van der Waals surface area contributed by atoms with Crippen molar-refractivity contribution in [3.05, 3.63) is 76.6 Å². The van der Waals surface area contributed by atoms with Gasteiger partial charge in [0.25, 0.3) is 5.56 Å². The van der Waals surface area contributed by atoms with Gasteiger partial charge in [0.05, 0.1) is 16.2 Å². The van der Waals surface area contributed by atoms with Crippen molar-refractivity contribution in [2.75, 3.05) is 5.32 Å². The van der Waals surface area contributed by atoms with E-state index in [1.807, 2.05) is 81.4 Å². The molecule has 1 N–H and O–H groups in total. The minimum Gasteiger partial charge on any atom is -0.325 e. The van der Waals surface area contributed by atoms with E-state index in [1.54, 1.807) is 4.57 Å². The van der Waals surface area contributed by atoms with Gasteiger partial charge < -0.3 is 5.32 Å². The van der Waals surface area contributed by atoms with Crippen molar-refractivity contribution in [2.45, 2.75) is 37.7 Å². The van der Waals surface area contributed by atoms with Crippen LogP contribution in [0.4, 0.5) is 5.69 Å². The van der Waals surface area contributed by atoms with Gasteiger partial charge in [-0.2, -0.15) is 0 Å². The molecule has 1 unspecified atom stereocenters. The Hall–Kier alpha value is -3.12. The number of hydrogen-bond donors (Lipinski definition) is 1. The topological polar surface area (TPSA) is 64.0 Å². The molecule has 4 rings (SSSR count). The number of amides is 1. The molecule has 152 valence electrons. The maximum atomic E-state index is 13.1. The summed E-state index contributed by atoms with van der Waals surface area (Å²) >= 11 is 1.30. The Balaban J connectivity index is 1.68. The fourth-order valence-electron chi connectivity index (χ4n) is 3.43. The van der Waals surface area contributed by atoms with Crippen LogP contribution in [0.3, 0.4) is 0 Å². The van der Waals surface area contributed by atoms with E-state index >= 15 is 0 Å². The lowest BCUT2D eigenvalue weighted by Gasteiger charge is -2.16. The fraction of sp³-hybridized carbons (Fsp3) is 0.208. The number of carbonyl (C=O) groups excluding carboxylic acids is 1. The molecule has 3 aromatic carbocycles. The summed E-state index contributed by atoms with van der Waals surface area (Å²) in [6.07, 6.45) is 0. The smallest absolute Gasteiger partial charge is 0.262 e. The van der Waals surface area contributed by atoms with E-state index in [4.69, 9.17) is 4.98 Å². The largest absolute Gasteiger partial charge is 0.325 e. The van der Waals surface area contributed by atoms with Crippen LogP contribution in [0, 0.1) is 6.92 Å². The Morgan fingerprint density at radius 3 is 2.53 bits per heavy atom. The van der Waals surface area contributed by atoms with E-state index in [1.165, 1.54) is 11.8 Å². The molecule has 1 amide bonds. The Labute approximate surface area is 179 Å². The van der Waals surface area contributed by atoms with Crippen molar-refractivity contribution in [3.63, 3.8) is 0 Å². The molecule has 0 aliphatic rings. The second-order valence-corrected chi connectivity index (χ2v) is 8.59. The van der Waals surface area contributed by atoms with E-state index < -0.39 is 5.25 Å². The zero-order valence-electron chi connectivity index (χ0n) is 17.2. The summed E-state index contributed by atoms with van der Waals surface area (Å²) in [7, 11) is 0. The summed E-state index contributed by atoms with van der Waals surface area (Å²) in [5.74, 6) is -0.124. The van der Waals surface area contributed by atoms with E-state index in [0.29, 0.717) is 22.6 Å². The van der Waals surface area contributed by atoms with E-state index in [2.05, 4.69) is 5.32 Å². The van der Waals surface area contributed by atoms with Crippen molar-refractivity contribution in [2.24, 2.45) is 0 Å². The molecule has 6 heteroatoms. The molecule has 0 fully saturated rings. The Bertz CT molecular complexity index is 1310. The van der Waals surface area contributed by atoms with Gasteiger partial charge in [-0.25, -0.2) is 4.98 Å². The molecule has 0 aliphatic carbocycles. The lowest BCUT2D eigenvalue weighted by molar-refractivity contribution is -0.115. The highest BCUT2D eigenvalue weighted by molar-refractivity contribution is 8.00. The molecule has 1 heterocycles. The standard InChI is InChI=1S/C24H23N3O2S/c1-4-27-23(29)20-13-17-9-5-6-10-18(17)14-21(20)26-24(27)30-16(3)22(28)25-19-11-7-8-15(2)12-19/h5-14,16H,4H2,1-3H3,(H,25,28). The number of nitrogens with zero attached hydrogens (tertiary/aromatic N) is 2. The van der Waals surface area contributed by atoms with Crippen LogP contribution in [0.5, 0.6) is 0 Å². The normalized spacial score (nSPS) is 12.2. The van der Waals surface area contributed by atoms with Crippen molar-refractivity contribution < 1.29 is 4.79 Å². The third kappa shape index (κ3) is 3.96. The maximum Gasteiger partial charge on any atom is 0.262 e. The van der Waals surface area contributed by atoms with Gasteiger partial charge >= 0.3 is 0 Å². The first-order valence-electron chi connectivity index (χ1n) is 9.94. The highest BCUT2D eigenvalue weighted by Crippen LogP contribution is 2.26. The van der Waals surface area contributed by atoms with Gasteiger partial charge in [-0.1, -0.05) is 48.2 Å². The SMILES string of the molecule is CCn1c(SC(C)C(=O)Nc2cccc(C)c2)nc2cc3ccccc3cc2c1=O. The fourth-order valence-corrected chi connectivity index (χ4v) is 4.41. The number of fused-ring (bicyclic) bond motifs is 2. The first-order chi connectivity index (χ1) is 14.5. The van der Waals surface area contributed by atoms with Gasteiger partial charge in [0.1, 0.15) is 0 Å². The highest BCUT2D eigenvalue weighted by Gasteiger charge is 2.19. The molecule has 5 nitrogen and oxygen atoms in total. The van der Waals surface area contributed by atoms with Crippen LogP contribution >= 0.6 is 11.8 Å². The molecule has 0 bridgehead atoms. The number of benzene rings is 3. The first-order valence-corrected chi connectivity index (χ1v) is 10.8. The third-order valence-corrected chi connectivity index (χ3v) is 6.13. The number of hydrogen-bond acceptors (Lipinski definition) is 4. The molecular weight excluding hydrogens is 394 g/mol.